The first-order valence-corrected chi connectivity index (χ1v) is 7.04. The number of rotatable bonds is 5. The summed E-state index contributed by atoms with van der Waals surface area (Å²) in [6, 6.07) is 0.780. The number of hydrogen-bond acceptors (Lipinski definition) is 4. The number of nitrogens with one attached hydrogen (secondary N) is 1. The molecule has 0 saturated carbocycles. The maximum atomic E-state index is 11.5. The van der Waals surface area contributed by atoms with Crippen LogP contribution in [0.2, 0.25) is 0 Å². The lowest BCUT2D eigenvalue weighted by Crippen LogP contribution is -2.61. The largest absolute Gasteiger partial charge is 0.349 e. The highest BCUT2D eigenvalue weighted by Gasteiger charge is 2.27. The van der Waals surface area contributed by atoms with Crippen molar-refractivity contribution in [3.05, 3.63) is 0 Å². The molecular formula is C13H26N4O. The van der Waals surface area contributed by atoms with E-state index in [2.05, 4.69) is 15.1 Å². The number of hydrogen-bond donors (Lipinski definition) is 1. The van der Waals surface area contributed by atoms with Gasteiger partial charge in [0.05, 0.1) is 0 Å². The second-order valence-electron chi connectivity index (χ2n) is 5.58. The fourth-order valence-electron chi connectivity index (χ4n) is 2.56. The molecule has 2 heterocycles. The third-order valence-corrected chi connectivity index (χ3v) is 4.05. The van der Waals surface area contributed by atoms with Gasteiger partial charge in [-0.15, -0.1) is 0 Å². The topological polar surface area (TPSA) is 38.8 Å². The average molecular weight is 254 g/mol. The van der Waals surface area contributed by atoms with E-state index in [1.807, 2.05) is 14.1 Å². The van der Waals surface area contributed by atoms with Crippen LogP contribution in [0, 0.1) is 0 Å². The minimum Gasteiger partial charge on any atom is -0.349 e. The third kappa shape index (κ3) is 3.67. The Morgan fingerprint density at radius 1 is 1.22 bits per heavy atom. The van der Waals surface area contributed by atoms with Gasteiger partial charge in [-0.25, -0.2) is 0 Å². The van der Waals surface area contributed by atoms with Crippen LogP contribution in [0.3, 0.4) is 0 Å². The highest BCUT2D eigenvalue weighted by Crippen LogP contribution is 2.10. The molecule has 2 saturated heterocycles. The van der Waals surface area contributed by atoms with Gasteiger partial charge in [0, 0.05) is 65.8 Å². The Morgan fingerprint density at radius 2 is 1.89 bits per heavy atom. The summed E-state index contributed by atoms with van der Waals surface area (Å²) in [5.41, 5.74) is 0. The lowest BCUT2D eigenvalue weighted by Gasteiger charge is -2.43. The molecule has 2 aliphatic heterocycles. The molecule has 2 fully saturated rings. The van der Waals surface area contributed by atoms with Crippen molar-refractivity contribution in [2.45, 2.75) is 18.9 Å². The van der Waals surface area contributed by atoms with Gasteiger partial charge in [-0.05, 0) is 13.0 Å². The highest BCUT2D eigenvalue weighted by atomic mass is 16.2. The van der Waals surface area contributed by atoms with Crippen molar-refractivity contribution in [3.8, 4) is 0 Å². The molecule has 2 rings (SSSR count). The Labute approximate surface area is 110 Å². The quantitative estimate of drug-likeness (QED) is 0.714. The molecule has 0 aromatic carbocycles. The summed E-state index contributed by atoms with van der Waals surface area (Å²) in [6.45, 7) is 8.09. The van der Waals surface area contributed by atoms with Crippen LogP contribution in [0.15, 0.2) is 0 Å². The minimum absolute atomic E-state index is 0.245. The van der Waals surface area contributed by atoms with Gasteiger partial charge in [0.15, 0.2) is 0 Å². The van der Waals surface area contributed by atoms with Crippen molar-refractivity contribution in [1.29, 1.82) is 0 Å². The first-order valence-electron chi connectivity index (χ1n) is 7.04. The summed E-state index contributed by atoms with van der Waals surface area (Å²) in [5, 5.41) is 3.33. The molecule has 0 aromatic rings. The number of amides is 1. The Kier molecular flexibility index (Phi) is 4.97. The Balaban J connectivity index is 1.57. The number of carbonyl (C=O) groups excluding carboxylic acids is 1. The van der Waals surface area contributed by atoms with E-state index in [0.717, 1.165) is 45.2 Å². The monoisotopic (exact) mass is 254 g/mol. The standard InChI is InChI=1S/C13H26N4O/c1-15(2)13(18)4-3-5-16-6-8-17(9-7-16)12-10-14-11-12/h12,14H,3-11H2,1-2H3. The fourth-order valence-corrected chi connectivity index (χ4v) is 2.56. The number of piperazine rings is 1. The van der Waals surface area contributed by atoms with Gasteiger partial charge >= 0.3 is 0 Å². The SMILES string of the molecule is CN(C)C(=O)CCCN1CCN(C2CNC2)CC1. The van der Waals surface area contributed by atoms with Crippen molar-refractivity contribution in [2.75, 3.05) is 59.9 Å². The molecule has 5 heteroatoms. The number of nitrogens with zero attached hydrogens (tertiary/aromatic N) is 3. The average Bonchev–Trinajstić information content (AvgIpc) is 2.29. The molecule has 104 valence electrons. The van der Waals surface area contributed by atoms with Crippen molar-refractivity contribution in [2.24, 2.45) is 0 Å². The first kappa shape index (κ1) is 13.8. The smallest absolute Gasteiger partial charge is 0.222 e. The van der Waals surface area contributed by atoms with E-state index in [4.69, 9.17) is 0 Å². The molecule has 0 unspecified atom stereocenters. The summed E-state index contributed by atoms with van der Waals surface area (Å²) in [5.74, 6) is 0.245. The van der Waals surface area contributed by atoms with Crippen LogP contribution < -0.4 is 5.32 Å². The van der Waals surface area contributed by atoms with Gasteiger partial charge in [-0.1, -0.05) is 0 Å². The van der Waals surface area contributed by atoms with Gasteiger partial charge in [0.25, 0.3) is 0 Å². The van der Waals surface area contributed by atoms with Crippen LogP contribution >= 0.6 is 0 Å². The lowest BCUT2D eigenvalue weighted by molar-refractivity contribution is -0.128. The molecule has 1 amide bonds. The van der Waals surface area contributed by atoms with E-state index in [9.17, 15) is 4.79 Å². The second kappa shape index (κ2) is 6.50. The van der Waals surface area contributed by atoms with Crippen LogP contribution in [0.25, 0.3) is 0 Å². The van der Waals surface area contributed by atoms with Crippen LogP contribution in [0.4, 0.5) is 0 Å². The zero-order chi connectivity index (χ0) is 13.0. The lowest BCUT2D eigenvalue weighted by atomic mass is 10.1. The predicted octanol–water partition coefficient (Wildman–Crippen LogP) is -0.556. The molecule has 0 atom stereocenters. The maximum absolute atomic E-state index is 11.5. The minimum atomic E-state index is 0.245. The molecule has 2 aliphatic rings. The van der Waals surface area contributed by atoms with Gasteiger partial charge in [0.2, 0.25) is 5.91 Å². The third-order valence-electron chi connectivity index (χ3n) is 4.05. The summed E-state index contributed by atoms with van der Waals surface area (Å²) in [7, 11) is 3.65. The van der Waals surface area contributed by atoms with Crippen molar-refractivity contribution < 1.29 is 4.79 Å². The second-order valence-corrected chi connectivity index (χ2v) is 5.58. The van der Waals surface area contributed by atoms with Crippen molar-refractivity contribution in [1.82, 2.24) is 20.0 Å². The van der Waals surface area contributed by atoms with Crippen LogP contribution in [0.5, 0.6) is 0 Å². The van der Waals surface area contributed by atoms with Crippen LogP contribution in [0.1, 0.15) is 12.8 Å². The predicted molar refractivity (Wildman–Crippen MR) is 72.6 cm³/mol. The van der Waals surface area contributed by atoms with Crippen LogP contribution in [-0.2, 0) is 4.79 Å². The molecule has 18 heavy (non-hydrogen) atoms. The van der Waals surface area contributed by atoms with E-state index < -0.39 is 0 Å². The molecule has 0 spiro atoms. The molecule has 5 nitrogen and oxygen atoms in total. The van der Waals surface area contributed by atoms with E-state index in [-0.39, 0.29) is 5.91 Å². The first-order chi connectivity index (χ1) is 8.66. The van der Waals surface area contributed by atoms with Gasteiger partial charge in [-0.2, -0.15) is 0 Å². The van der Waals surface area contributed by atoms with Gasteiger partial charge < -0.3 is 15.1 Å². The molecular weight excluding hydrogens is 228 g/mol. The summed E-state index contributed by atoms with van der Waals surface area (Å²) >= 11 is 0. The normalized spacial score (nSPS) is 22.8. The highest BCUT2D eigenvalue weighted by molar-refractivity contribution is 5.75. The Bertz CT molecular complexity index is 270. The molecule has 0 radical (unpaired) electrons. The van der Waals surface area contributed by atoms with E-state index >= 15 is 0 Å². The zero-order valence-corrected chi connectivity index (χ0v) is 11.7. The zero-order valence-electron chi connectivity index (χ0n) is 11.7. The van der Waals surface area contributed by atoms with Crippen molar-refractivity contribution in [3.63, 3.8) is 0 Å². The molecule has 0 aromatic heterocycles. The summed E-state index contributed by atoms with van der Waals surface area (Å²) in [4.78, 5) is 18.2. The molecule has 0 aliphatic carbocycles. The van der Waals surface area contributed by atoms with Gasteiger partial charge in [0.1, 0.15) is 0 Å². The van der Waals surface area contributed by atoms with Crippen LogP contribution in [-0.4, -0.2) is 86.6 Å². The number of carbonyl (C=O) groups is 1. The molecule has 1 N–H and O–H groups in total. The fraction of sp³-hybridized carbons (Fsp3) is 0.923. The molecule has 0 bridgehead atoms. The van der Waals surface area contributed by atoms with E-state index in [1.165, 1.54) is 13.1 Å². The van der Waals surface area contributed by atoms with Gasteiger partial charge in [-0.3, -0.25) is 9.69 Å². The maximum Gasteiger partial charge on any atom is 0.222 e. The van der Waals surface area contributed by atoms with Crippen molar-refractivity contribution >= 4 is 5.91 Å². The van der Waals surface area contributed by atoms with E-state index in [1.54, 1.807) is 4.90 Å². The van der Waals surface area contributed by atoms with E-state index in [0.29, 0.717) is 6.42 Å². The Hall–Kier alpha value is -0.650. The Morgan fingerprint density at radius 3 is 2.39 bits per heavy atom. The summed E-state index contributed by atoms with van der Waals surface area (Å²) < 4.78 is 0. The summed E-state index contributed by atoms with van der Waals surface area (Å²) in [6.07, 6.45) is 1.67.